The molecule has 0 nitrogen and oxygen atoms in total. The molecule has 0 spiro atoms. The average Bonchev–Trinajstić information content (AvgIpc) is 2.14. The molecule has 0 aliphatic rings. The van der Waals surface area contributed by atoms with Crippen molar-refractivity contribution in [1.29, 1.82) is 0 Å². The predicted octanol–water partition coefficient (Wildman–Crippen LogP) is 4.53. The molecule has 0 N–H and O–H groups in total. The summed E-state index contributed by atoms with van der Waals surface area (Å²) in [6.07, 6.45) is 4.37. The van der Waals surface area contributed by atoms with Gasteiger partial charge in [0.1, 0.15) is 0 Å². The molecule has 1 atom stereocenters. The summed E-state index contributed by atoms with van der Waals surface area (Å²) in [4.78, 5) is 0. The summed E-state index contributed by atoms with van der Waals surface area (Å²) < 4.78 is 0. The first-order valence-corrected chi connectivity index (χ1v) is 9.01. The molecule has 0 fully saturated rings. The third-order valence-corrected chi connectivity index (χ3v) is 5.85. The van der Waals surface area contributed by atoms with E-state index in [4.69, 9.17) is 11.1 Å². The zero-order valence-corrected chi connectivity index (χ0v) is 10.8. The van der Waals surface area contributed by atoms with E-state index in [1.807, 2.05) is 18.2 Å². The van der Waals surface area contributed by atoms with Gasteiger partial charge < -0.3 is 0 Å². The lowest BCUT2D eigenvalue weighted by Gasteiger charge is -2.18. The van der Waals surface area contributed by atoms with E-state index in [0.717, 1.165) is 0 Å². The van der Waals surface area contributed by atoms with Crippen LogP contribution in [0.5, 0.6) is 0 Å². The Morgan fingerprint density at radius 2 is 1.79 bits per heavy atom. The van der Waals surface area contributed by atoms with Crippen LogP contribution in [0, 0.1) is 0 Å². The van der Waals surface area contributed by atoms with Gasteiger partial charge in [-0.1, -0.05) is 62.5 Å². The van der Waals surface area contributed by atoms with E-state index in [9.17, 15) is 0 Å². The van der Waals surface area contributed by atoms with Gasteiger partial charge in [0.2, 0.25) is 0 Å². The molecule has 0 saturated heterocycles. The maximum absolute atomic E-state index is 6.34. The van der Waals surface area contributed by atoms with E-state index in [0.29, 0.717) is 5.54 Å². The molecule has 0 aliphatic carbocycles. The van der Waals surface area contributed by atoms with E-state index in [-0.39, 0.29) is 0 Å². The molecule has 0 bridgehead atoms. The van der Waals surface area contributed by atoms with Gasteiger partial charge in [0.15, 0.2) is 7.38 Å². The molecule has 0 aliphatic heterocycles. The average molecular weight is 225 g/mol. The zero-order chi connectivity index (χ0) is 10.6. The van der Waals surface area contributed by atoms with Gasteiger partial charge in [-0.2, -0.15) is 11.1 Å². The van der Waals surface area contributed by atoms with Crippen molar-refractivity contribution < 1.29 is 0 Å². The lowest BCUT2D eigenvalue weighted by molar-refractivity contribution is 1.16. The van der Waals surface area contributed by atoms with Crippen molar-refractivity contribution in [2.45, 2.75) is 25.6 Å². The summed E-state index contributed by atoms with van der Waals surface area (Å²) >= 11 is 6.34. The quantitative estimate of drug-likeness (QED) is 0.523. The van der Waals surface area contributed by atoms with Crippen molar-refractivity contribution in [2.24, 2.45) is 0 Å². The summed E-state index contributed by atoms with van der Waals surface area (Å²) in [5, 5.41) is 0. The highest BCUT2D eigenvalue weighted by atomic mass is 35.6. The SMILES string of the molecule is CC(C=Cc1ccccc1)[Si](C)(C)Cl. The molecule has 76 valence electrons. The molecule has 1 aromatic carbocycles. The molecule has 1 rings (SSSR count). The molecular weight excluding hydrogens is 208 g/mol. The molecule has 1 unspecified atom stereocenters. The first-order valence-electron chi connectivity index (χ1n) is 4.92. The summed E-state index contributed by atoms with van der Waals surface area (Å²) in [6.45, 7) is 6.54. The Balaban J connectivity index is 2.66. The third kappa shape index (κ3) is 3.68. The van der Waals surface area contributed by atoms with Crippen LogP contribution in [0.3, 0.4) is 0 Å². The standard InChI is InChI=1S/C12H17ClSi/c1-11(14(2,3)13)9-10-12-7-5-4-6-8-12/h4-11H,1-3H3. The summed E-state index contributed by atoms with van der Waals surface area (Å²) in [5.41, 5.74) is 1.75. The van der Waals surface area contributed by atoms with Crippen LogP contribution in [0.4, 0.5) is 0 Å². The second-order valence-corrected chi connectivity index (χ2v) is 11.1. The highest BCUT2D eigenvalue weighted by Crippen LogP contribution is 2.26. The van der Waals surface area contributed by atoms with Crippen LogP contribution in [0.1, 0.15) is 12.5 Å². The predicted molar refractivity (Wildman–Crippen MR) is 68.2 cm³/mol. The number of hydrogen-bond donors (Lipinski definition) is 0. The van der Waals surface area contributed by atoms with E-state index in [1.54, 1.807) is 0 Å². The Labute approximate surface area is 92.3 Å². The smallest absolute Gasteiger partial charge is 0.156 e. The maximum atomic E-state index is 6.34. The van der Waals surface area contributed by atoms with Gasteiger partial charge >= 0.3 is 0 Å². The molecule has 14 heavy (non-hydrogen) atoms. The van der Waals surface area contributed by atoms with Crippen molar-refractivity contribution in [2.75, 3.05) is 0 Å². The minimum atomic E-state index is -1.53. The number of rotatable bonds is 3. The highest BCUT2D eigenvalue weighted by Gasteiger charge is 2.23. The van der Waals surface area contributed by atoms with Crippen molar-refractivity contribution in [3.63, 3.8) is 0 Å². The van der Waals surface area contributed by atoms with E-state index < -0.39 is 7.38 Å². The largest absolute Gasteiger partial charge is 0.167 e. The van der Waals surface area contributed by atoms with Gasteiger partial charge in [0, 0.05) is 0 Å². The molecule has 0 amide bonds. The third-order valence-electron chi connectivity index (χ3n) is 2.46. The van der Waals surface area contributed by atoms with Gasteiger partial charge in [-0.05, 0) is 11.1 Å². The van der Waals surface area contributed by atoms with Crippen LogP contribution in [-0.2, 0) is 0 Å². The van der Waals surface area contributed by atoms with Crippen molar-refractivity contribution in [1.82, 2.24) is 0 Å². The van der Waals surface area contributed by atoms with E-state index in [1.165, 1.54) is 5.56 Å². The lowest BCUT2D eigenvalue weighted by atomic mass is 10.2. The van der Waals surface area contributed by atoms with Crippen LogP contribution in [0.2, 0.25) is 18.6 Å². The fourth-order valence-electron chi connectivity index (χ4n) is 1.05. The Kier molecular flexibility index (Phi) is 3.96. The summed E-state index contributed by atoms with van der Waals surface area (Å²) in [7, 11) is -1.53. The minimum Gasteiger partial charge on any atom is -0.167 e. The van der Waals surface area contributed by atoms with Crippen molar-refractivity contribution in [3.05, 3.63) is 42.0 Å². The maximum Gasteiger partial charge on any atom is 0.156 e. The van der Waals surface area contributed by atoms with Gasteiger partial charge in [-0.3, -0.25) is 0 Å². The van der Waals surface area contributed by atoms with Gasteiger partial charge in [-0.15, -0.1) is 0 Å². The van der Waals surface area contributed by atoms with Crippen LogP contribution in [-0.4, -0.2) is 7.38 Å². The van der Waals surface area contributed by atoms with Crippen molar-refractivity contribution >= 4 is 24.5 Å². The van der Waals surface area contributed by atoms with Crippen LogP contribution >= 0.6 is 11.1 Å². The second kappa shape index (κ2) is 4.81. The molecule has 0 heterocycles. The van der Waals surface area contributed by atoms with Gasteiger partial charge in [0.25, 0.3) is 0 Å². The summed E-state index contributed by atoms with van der Waals surface area (Å²) in [6, 6.07) is 10.3. The Morgan fingerprint density at radius 3 is 2.29 bits per heavy atom. The molecule has 1 aromatic rings. The van der Waals surface area contributed by atoms with Gasteiger partial charge in [-0.25, -0.2) is 0 Å². The van der Waals surface area contributed by atoms with Crippen LogP contribution in [0.15, 0.2) is 36.4 Å². The minimum absolute atomic E-state index is 0.504. The number of benzene rings is 1. The fourth-order valence-corrected chi connectivity index (χ4v) is 1.82. The summed E-state index contributed by atoms with van der Waals surface area (Å²) in [5.74, 6) is 0. The fraction of sp³-hybridized carbons (Fsp3) is 0.333. The zero-order valence-electron chi connectivity index (χ0n) is 9.00. The number of hydrogen-bond acceptors (Lipinski definition) is 0. The topological polar surface area (TPSA) is 0 Å². The first kappa shape index (κ1) is 11.5. The molecular formula is C12H17ClSi. The van der Waals surface area contributed by atoms with Gasteiger partial charge in [0.05, 0.1) is 0 Å². The first-order chi connectivity index (χ1) is 6.50. The normalized spacial score (nSPS) is 14.6. The van der Waals surface area contributed by atoms with Crippen LogP contribution in [0.25, 0.3) is 6.08 Å². The molecule has 2 heteroatoms. The Morgan fingerprint density at radius 1 is 1.21 bits per heavy atom. The lowest BCUT2D eigenvalue weighted by Crippen LogP contribution is -2.21. The highest BCUT2D eigenvalue weighted by molar-refractivity contribution is 7.20. The van der Waals surface area contributed by atoms with E-state index in [2.05, 4.69) is 44.3 Å². The van der Waals surface area contributed by atoms with Crippen LogP contribution < -0.4 is 0 Å². The monoisotopic (exact) mass is 224 g/mol. The second-order valence-electron chi connectivity index (χ2n) is 4.12. The Hall–Kier alpha value is -0.533. The van der Waals surface area contributed by atoms with E-state index >= 15 is 0 Å². The van der Waals surface area contributed by atoms with Crippen molar-refractivity contribution in [3.8, 4) is 0 Å². The molecule has 0 aromatic heterocycles. The number of allylic oxidation sites excluding steroid dienone is 1. The molecule has 0 radical (unpaired) electrons. The Bertz CT molecular complexity index is 298. The number of halogens is 1. The molecule has 0 saturated carbocycles.